The molecule has 0 heterocycles. The topological polar surface area (TPSA) is 277 Å². The zero-order chi connectivity index (χ0) is 38.9. The van der Waals surface area contributed by atoms with Crippen LogP contribution in [0.5, 0.6) is 0 Å². The first-order valence-corrected chi connectivity index (χ1v) is 22.1. The Bertz CT molecular complexity index is 1280. The fourth-order valence-electron chi connectivity index (χ4n) is 4.49. The van der Waals surface area contributed by atoms with Crippen LogP contribution in [0.25, 0.3) is 0 Å². The van der Waals surface area contributed by atoms with Gasteiger partial charge in [-0.05, 0) is 81.5 Å². The third-order valence-electron chi connectivity index (χ3n) is 6.37. The van der Waals surface area contributed by atoms with E-state index in [2.05, 4.69) is 146 Å². The summed E-state index contributed by atoms with van der Waals surface area (Å²) in [5.41, 5.74) is 0. The summed E-state index contributed by atoms with van der Waals surface area (Å²) in [4.78, 5) is 0. The van der Waals surface area contributed by atoms with E-state index in [-0.39, 0.29) is 35.3 Å². The van der Waals surface area contributed by atoms with Crippen molar-refractivity contribution in [1.29, 1.82) is 0 Å². The maximum absolute atomic E-state index is 8.49. The Kier molecular flexibility index (Phi) is 27.7. The van der Waals surface area contributed by atoms with Crippen molar-refractivity contribution in [1.82, 2.24) is 0 Å². The van der Waals surface area contributed by atoms with Crippen molar-refractivity contribution in [2.24, 2.45) is 0 Å². The molecule has 18 heteroatoms. The smallest absolute Gasteiger partial charge is 0.222 e. The summed E-state index contributed by atoms with van der Waals surface area (Å²) in [5.74, 6) is 0. The summed E-state index contributed by atoms with van der Waals surface area (Å²) in [6.45, 7) is 0. The molecule has 0 saturated heterocycles. The SMILES string of the molecule is C1=C\CC/C=C\CC/1.[O-][Cl+3]([O-])([O-])[O-].[O-][Cl+3]([O-])([O-])[O-].[O-][Cl+3]([O-])([O-])[O-].[Rh+3].c1ccc(P(CCCP(c2ccccc2)c2ccccc2)c2ccccc2)cc1. The molecule has 53 heavy (non-hydrogen) atoms. The molecular formula is C35H38Cl3O12P2Rh. The second-order valence-electron chi connectivity index (χ2n) is 10.2. The predicted molar refractivity (Wildman–Crippen MR) is 169 cm³/mol. The fraction of sp³-hybridized carbons (Fsp3) is 0.200. The third kappa shape index (κ3) is 32.2. The van der Waals surface area contributed by atoms with Gasteiger partial charge < -0.3 is 0 Å². The Morgan fingerprint density at radius 2 is 0.509 bits per heavy atom. The molecule has 290 valence electrons. The second kappa shape index (κ2) is 28.6. The molecule has 5 rings (SSSR count). The summed E-state index contributed by atoms with van der Waals surface area (Å²) in [6, 6.07) is 44.3. The van der Waals surface area contributed by atoms with Crippen molar-refractivity contribution in [3.05, 3.63) is 146 Å². The van der Waals surface area contributed by atoms with Gasteiger partial charge in [-0.25, -0.2) is 55.9 Å². The average Bonchev–Trinajstić information content (AvgIpc) is 3.04. The first-order chi connectivity index (χ1) is 24.4. The molecule has 4 aromatic rings. The van der Waals surface area contributed by atoms with E-state index >= 15 is 0 Å². The molecule has 0 aromatic heterocycles. The predicted octanol–water partition coefficient (Wildman–Crippen LogP) is -5.96. The van der Waals surface area contributed by atoms with Crippen molar-refractivity contribution in [2.45, 2.75) is 32.1 Å². The van der Waals surface area contributed by atoms with E-state index in [1.54, 1.807) is 0 Å². The van der Waals surface area contributed by atoms with Crippen molar-refractivity contribution >= 4 is 37.1 Å². The zero-order valence-electron chi connectivity index (χ0n) is 28.1. The van der Waals surface area contributed by atoms with Gasteiger partial charge >= 0.3 is 19.5 Å². The molecule has 0 atom stereocenters. The fourth-order valence-corrected chi connectivity index (χ4v) is 9.44. The van der Waals surface area contributed by atoms with Crippen LogP contribution in [-0.4, -0.2) is 12.3 Å². The molecule has 0 unspecified atom stereocenters. The van der Waals surface area contributed by atoms with Crippen LogP contribution < -0.4 is 77.1 Å². The normalized spacial score (nSPS) is 13.7. The molecule has 0 saturated carbocycles. The number of benzene rings is 4. The number of halogens is 3. The standard InChI is InChI=1S/C27H26P2.C8H12.3ClHO4.Rh/c1-5-14-24(15-6-1)28(25-16-7-2-8-17-25)22-13-23-29(26-18-9-3-10-19-26)27-20-11-4-12-21-27;1-2-4-6-8-7-5-3-1;3*2-1(3,4)5;/h1-12,14-21H,13,22-23H2;1-2,7-8H,3-6H2;3*(H,2,3,4,5);/q;;;;;+3/p-3/b;2-1-,8-7-;;;;. The molecule has 0 bridgehead atoms. The molecule has 4 aromatic carbocycles. The van der Waals surface area contributed by atoms with E-state index in [9.17, 15) is 0 Å². The molecule has 0 radical (unpaired) electrons. The molecule has 0 N–H and O–H groups in total. The van der Waals surface area contributed by atoms with Crippen molar-refractivity contribution in [3.63, 3.8) is 0 Å². The summed E-state index contributed by atoms with van der Waals surface area (Å²) in [5, 5.41) is 5.94. The van der Waals surface area contributed by atoms with E-state index in [1.807, 2.05) is 0 Å². The monoisotopic (exact) mass is 920 g/mol. The Labute approximate surface area is 331 Å². The van der Waals surface area contributed by atoms with Gasteiger partial charge in [0.2, 0.25) is 0 Å². The van der Waals surface area contributed by atoms with Crippen LogP contribution in [0.4, 0.5) is 0 Å². The molecule has 0 spiro atoms. The third-order valence-corrected chi connectivity index (χ3v) is 11.6. The second-order valence-corrected chi connectivity index (χ2v) is 17.2. The number of hydrogen-bond donors (Lipinski definition) is 0. The van der Waals surface area contributed by atoms with Gasteiger partial charge in [-0.3, -0.25) is 0 Å². The summed E-state index contributed by atoms with van der Waals surface area (Å²) < 4.78 is 102. The van der Waals surface area contributed by atoms with E-state index in [0.29, 0.717) is 0 Å². The van der Waals surface area contributed by atoms with Crippen LogP contribution in [0.2, 0.25) is 0 Å². The molecule has 1 aliphatic rings. The quantitative estimate of drug-likeness (QED) is 0.0908. The molecular weight excluding hydrogens is 884 g/mol. The van der Waals surface area contributed by atoms with Gasteiger partial charge in [0.25, 0.3) is 0 Å². The van der Waals surface area contributed by atoms with Crippen LogP contribution in [0, 0.1) is 30.7 Å². The van der Waals surface area contributed by atoms with Crippen LogP contribution in [-0.2, 0) is 19.5 Å². The van der Waals surface area contributed by atoms with E-state index in [0.717, 1.165) is 0 Å². The molecule has 0 fully saturated rings. The van der Waals surface area contributed by atoms with Crippen molar-refractivity contribution in [2.75, 3.05) is 12.3 Å². The first kappa shape index (κ1) is 51.2. The van der Waals surface area contributed by atoms with Crippen LogP contribution >= 0.6 is 15.8 Å². The van der Waals surface area contributed by atoms with Crippen LogP contribution in [0.15, 0.2) is 146 Å². The summed E-state index contributed by atoms with van der Waals surface area (Å²) >= 11 is 0. The number of rotatable bonds is 8. The minimum Gasteiger partial charge on any atom is -0.222 e. The number of allylic oxidation sites excluding steroid dienone is 4. The molecule has 1 aliphatic carbocycles. The average molecular weight is 922 g/mol. The van der Waals surface area contributed by atoms with Gasteiger partial charge in [-0.15, -0.1) is 30.7 Å². The first-order valence-electron chi connectivity index (χ1n) is 15.3. The van der Waals surface area contributed by atoms with Gasteiger partial charge in [0.1, 0.15) is 0 Å². The van der Waals surface area contributed by atoms with Gasteiger partial charge in [0, 0.05) is 0 Å². The summed E-state index contributed by atoms with van der Waals surface area (Å²) in [7, 11) is -15.5. The molecule has 12 nitrogen and oxygen atoms in total. The van der Waals surface area contributed by atoms with Crippen molar-refractivity contribution in [3.8, 4) is 0 Å². The summed E-state index contributed by atoms with van der Waals surface area (Å²) in [6.07, 6.45) is 17.7. The Hall–Kier alpha value is -1.77. The molecule has 0 amide bonds. The van der Waals surface area contributed by atoms with Crippen LogP contribution in [0.3, 0.4) is 0 Å². The van der Waals surface area contributed by atoms with Gasteiger partial charge in [0.05, 0.1) is 0 Å². The van der Waals surface area contributed by atoms with Gasteiger partial charge in [-0.1, -0.05) is 146 Å². The van der Waals surface area contributed by atoms with E-state index in [4.69, 9.17) is 55.9 Å². The zero-order valence-corrected chi connectivity index (χ0v) is 33.8. The van der Waals surface area contributed by atoms with Gasteiger partial charge in [0.15, 0.2) is 0 Å². The van der Waals surface area contributed by atoms with Gasteiger partial charge in [-0.2, -0.15) is 0 Å². The maximum Gasteiger partial charge on any atom is 3.00 e. The maximum atomic E-state index is 8.49. The largest absolute Gasteiger partial charge is 3.00 e. The Morgan fingerprint density at radius 1 is 0.340 bits per heavy atom. The van der Waals surface area contributed by atoms with E-state index in [1.165, 1.54) is 65.6 Å². The number of hydrogen-bond acceptors (Lipinski definition) is 12. The van der Waals surface area contributed by atoms with Crippen LogP contribution in [0.1, 0.15) is 32.1 Å². The molecule has 0 aliphatic heterocycles. The van der Waals surface area contributed by atoms with E-state index < -0.39 is 30.7 Å². The minimum absolute atomic E-state index is 0. The minimum atomic E-state index is -4.94. The Morgan fingerprint density at radius 3 is 0.679 bits per heavy atom. The van der Waals surface area contributed by atoms with Crippen molar-refractivity contribution < 1.29 is 106 Å². The Balaban J connectivity index is 0.000000916.